The van der Waals surface area contributed by atoms with Crippen molar-refractivity contribution in [1.82, 2.24) is 5.32 Å². The number of rotatable bonds is 3. The summed E-state index contributed by atoms with van der Waals surface area (Å²) in [4.78, 5) is 11.0. The van der Waals surface area contributed by atoms with Crippen molar-refractivity contribution in [2.75, 3.05) is 5.32 Å². The second-order valence-electron chi connectivity index (χ2n) is 3.30. The first-order valence-corrected chi connectivity index (χ1v) is 5.79. The molecule has 1 amide bonds. The van der Waals surface area contributed by atoms with Gasteiger partial charge in [-0.2, -0.15) is 0 Å². The Balaban J connectivity index is 2.87. The van der Waals surface area contributed by atoms with Crippen LogP contribution >= 0.6 is 34.8 Å². The van der Waals surface area contributed by atoms with Crippen LogP contribution in [0.2, 0.25) is 0 Å². The van der Waals surface area contributed by atoms with Gasteiger partial charge >= 0.3 is 0 Å². The summed E-state index contributed by atoms with van der Waals surface area (Å²) in [6.45, 7) is 1.27. The Hall–Kier alpha value is -0.710. The Bertz CT molecular complexity index is 409. The predicted molar refractivity (Wildman–Crippen MR) is 67.9 cm³/mol. The highest BCUT2D eigenvalue weighted by Gasteiger charge is 2.33. The van der Waals surface area contributed by atoms with E-state index in [-0.39, 0.29) is 5.69 Å². The number of anilines is 1. The van der Waals surface area contributed by atoms with E-state index in [4.69, 9.17) is 34.8 Å². The van der Waals surface area contributed by atoms with Crippen molar-refractivity contribution in [2.24, 2.45) is 0 Å². The molecule has 0 heterocycles. The lowest BCUT2D eigenvalue weighted by Crippen LogP contribution is -2.48. The molecule has 1 aromatic carbocycles. The van der Waals surface area contributed by atoms with Gasteiger partial charge in [-0.1, -0.05) is 46.9 Å². The van der Waals surface area contributed by atoms with Crippen LogP contribution in [0.3, 0.4) is 0 Å². The third kappa shape index (κ3) is 4.58. The summed E-state index contributed by atoms with van der Waals surface area (Å²) in [5.74, 6) is -0.901. The van der Waals surface area contributed by atoms with E-state index in [9.17, 15) is 9.18 Å². The van der Waals surface area contributed by atoms with Gasteiger partial charge in [0.1, 0.15) is 12.0 Å². The molecule has 0 aliphatic carbocycles. The van der Waals surface area contributed by atoms with Crippen LogP contribution in [0, 0.1) is 5.82 Å². The van der Waals surface area contributed by atoms with Crippen molar-refractivity contribution in [3.8, 4) is 0 Å². The Morgan fingerprint density at radius 2 is 1.94 bits per heavy atom. The zero-order valence-corrected chi connectivity index (χ0v) is 11.1. The molecule has 0 fully saturated rings. The number of halogens is 4. The molecule has 1 atom stereocenters. The Kier molecular flexibility index (Phi) is 4.86. The molecular formula is C10H10Cl3FN2O. The van der Waals surface area contributed by atoms with Crippen LogP contribution in [0.1, 0.15) is 6.92 Å². The number of hydrogen-bond acceptors (Lipinski definition) is 2. The van der Waals surface area contributed by atoms with Crippen molar-refractivity contribution < 1.29 is 9.18 Å². The fourth-order valence-corrected chi connectivity index (χ4v) is 1.46. The molecule has 0 aliphatic rings. The first-order chi connectivity index (χ1) is 7.80. The van der Waals surface area contributed by atoms with Crippen molar-refractivity contribution in [2.45, 2.75) is 16.9 Å². The molecule has 0 aliphatic heterocycles. The predicted octanol–water partition coefficient (Wildman–Crippen LogP) is 3.07. The van der Waals surface area contributed by atoms with Gasteiger partial charge in [-0.15, -0.1) is 0 Å². The van der Waals surface area contributed by atoms with Gasteiger partial charge < -0.3 is 10.6 Å². The topological polar surface area (TPSA) is 41.1 Å². The molecule has 0 spiro atoms. The number of benzene rings is 1. The quantitative estimate of drug-likeness (QED) is 0.665. The van der Waals surface area contributed by atoms with Crippen molar-refractivity contribution in [1.29, 1.82) is 0 Å². The molecule has 0 aromatic heterocycles. The molecule has 7 heteroatoms. The molecular weight excluding hydrogens is 289 g/mol. The fourth-order valence-electron chi connectivity index (χ4n) is 1.14. The minimum atomic E-state index is -1.80. The maximum atomic E-state index is 13.4. The minimum absolute atomic E-state index is 0.137. The molecule has 0 bridgehead atoms. The van der Waals surface area contributed by atoms with E-state index >= 15 is 0 Å². The van der Waals surface area contributed by atoms with Crippen LogP contribution < -0.4 is 10.6 Å². The first kappa shape index (κ1) is 14.4. The van der Waals surface area contributed by atoms with Gasteiger partial charge in [-0.25, -0.2) is 4.39 Å². The maximum absolute atomic E-state index is 13.4. The van der Waals surface area contributed by atoms with Gasteiger partial charge in [0.05, 0.1) is 5.69 Å². The van der Waals surface area contributed by atoms with Gasteiger partial charge in [0.2, 0.25) is 9.70 Å². The van der Waals surface area contributed by atoms with E-state index in [2.05, 4.69) is 10.6 Å². The third-order valence-corrected chi connectivity index (χ3v) is 2.50. The molecule has 0 unspecified atom stereocenters. The van der Waals surface area contributed by atoms with Crippen LogP contribution in [0.4, 0.5) is 10.1 Å². The maximum Gasteiger partial charge on any atom is 0.228 e. The van der Waals surface area contributed by atoms with E-state index in [1.807, 2.05) is 0 Å². The van der Waals surface area contributed by atoms with E-state index in [0.29, 0.717) is 0 Å². The summed E-state index contributed by atoms with van der Waals surface area (Å²) in [7, 11) is 0. The largest absolute Gasteiger partial charge is 0.359 e. The zero-order chi connectivity index (χ0) is 13.1. The van der Waals surface area contributed by atoms with Gasteiger partial charge in [0.15, 0.2) is 0 Å². The summed E-state index contributed by atoms with van der Waals surface area (Å²) in [5, 5.41) is 5.00. The highest BCUT2D eigenvalue weighted by Crippen LogP contribution is 2.31. The summed E-state index contributed by atoms with van der Waals surface area (Å²) < 4.78 is 11.6. The number of amides is 1. The second-order valence-corrected chi connectivity index (χ2v) is 5.67. The van der Waals surface area contributed by atoms with Crippen LogP contribution in [0.15, 0.2) is 24.3 Å². The molecule has 94 valence electrons. The molecule has 3 nitrogen and oxygen atoms in total. The Morgan fingerprint density at radius 3 is 2.41 bits per heavy atom. The molecule has 2 N–H and O–H groups in total. The van der Waals surface area contributed by atoms with Crippen LogP contribution in [0.25, 0.3) is 0 Å². The lowest BCUT2D eigenvalue weighted by atomic mass is 10.3. The number of nitrogens with one attached hydrogen (secondary N) is 2. The van der Waals surface area contributed by atoms with Crippen molar-refractivity contribution in [3.05, 3.63) is 30.1 Å². The number of carbonyl (C=O) groups excluding carboxylic acids is 1. The van der Waals surface area contributed by atoms with E-state index < -0.39 is 21.7 Å². The minimum Gasteiger partial charge on any atom is -0.359 e. The number of para-hydroxylation sites is 1. The van der Waals surface area contributed by atoms with Gasteiger partial charge in [0, 0.05) is 6.92 Å². The average Bonchev–Trinajstić information content (AvgIpc) is 2.18. The molecule has 1 aromatic rings. The van der Waals surface area contributed by atoms with E-state index in [1.165, 1.54) is 25.1 Å². The summed E-state index contributed by atoms with van der Waals surface area (Å²) in [6.07, 6.45) is -1.03. The highest BCUT2D eigenvalue weighted by molar-refractivity contribution is 6.68. The summed E-state index contributed by atoms with van der Waals surface area (Å²) in [5.41, 5.74) is 0.137. The molecule has 0 saturated heterocycles. The highest BCUT2D eigenvalue weighted by atomic mass is 35.6. The third-order valence-electron chi connectivity index (χ3n) is 1.85. The van der Waals surface area contributed by atoms with Gasteiger partial charge in [-0.05, 0) is 12.1 Å². The standard InChI is InChI=1S/C10H10Cl3FN2O/c1-6(17)15-9(10(11,12)13)16-8-5-3-2-4-7(8)14/h2-5,9,16H,1H3,(H,15,17)/t9-/m0/s1. The lowest BCUT2D eigenvalue weighted by Gasteiger charge is -2.27. The van der Waals surface area contributed by atoms with Gasteiger partial charge in [0.25, 0.3) is 0 Å². The first-order valence-electron chi connectivity index (χ1n) is 4.65. The van der Waals surface area contributed by atoms with E-state index in [0.717, 1.165) is 0 Å². The van der Waals surface area contributed by atoms with Crippen molar-refractivity contribution in [3.63, 3.8) is 0 Å². The SMILES string of the molecule is CC(=O)N[C@@H](Nc1ccccc1F)C(Cl)(Cl)Cl. The van der Waals surface area contributed by atoms with Crippen LogP contribution in [-0.2, 0) is 4.79 Å². The molecule has 17 heavy (non-hydrogen) atoms. The average molecular weight is 300 g/mol. The number of carbonyl (C=O) groups is 1. The fraction of sp³-hybridized carbons (Fsp3) is 0.300. The van der Waals surface area contributed by atoms with Gasteiger partial charge in [-0.3, -0.25) is 4.79 Å². The monoisotopic (exact) mass is 298 g/mol. The number of hydrogen-bond donors (Lipinski definition) is 2. The number of alkyl halides is 3. The van der Waals surface area contributed by atoms with Crippen molar-refractivity contribution >= 4 is 46.4 Å². The summed E-state index contributed by atoms with van der Waals surface area (Å²) >= 11 is 17.0. The molecule has 1 rings (SSSR count). The molecule has 0 saturated carbocycles. The smallest absolute Gasteiger partial charge is 0.228 e. The van der Waals surface area contributed by atoms with Crippen LogP contribution in [0.5, 0.6) is 0 Å². The van der Waals surface area contributed by atoms with Crippen LogP contribution in [-0.4, -0.2) is 15.9 Å². The second kappa shape index (κ2) is 5.76. The Morgan fingerprint density at radius 1 is 1.35 bits per heavy atom. The molecule has 0 radical (unpaired) electrons. The normalized spacial score (nSPS) is 13.0. The van der Waals surface area contributed by atoms with E-state index in [1.54, 1.807) is 6.07 Å². The summed E-state index contributed by atoms with van der Waals surface area (Å²) in [6, 6.07) is 5.88. The Labute approximate surface area is 113 Å². The zero-order valence-electron chi connectivity index (χ0n) is 8.81. The lowest BCUT2D eigenvalue weighted by molar-refractivity contribution is -0.119.